The summed E-state index contributed by atoms with van der Waals surface area (Å²) in [4.78, 5) is 25.0. The Kier molecular flexibility index (Phi) is 3.63. The molecule has 0 radical (unpaired) electrons. The van der Waals surface area contributed by atoms with E-state index in [1.165, 1.54) is 19.3 Å². The SMILES string of the molecule is C[C@@H]1C[C@@]23OC(=O)C4=C2O[C@H](CCCCCC/C=C\[C@@]13C)CC4=O. The molecule has 0 unspecified atom stereocenters. The molecule has 0 saturated heterocycles. The summed E-state index contributed by atoms with van der Waals surface area (Å²) in [5.41, 5.74) is -0.874. The van der Waals surface area contributed by atoms with E-state index < -0.39 is 11.6 Å². The number of hydrogen-bond donors (Lipinski definition) is 0. The Bertz CT molecular complexity index is 646. The zero-order chi connectivity index (χ0) is 16.9. The van der Waals surface area contributed by atoms with Gasteiger partial charge in [0, 0.05) is 11.8 Å². The second kappa shape index (κ2) is 5.47. The van der Waals surface area contributed by atoms with Gasteiger partial charge in [0.2, 0.25) is 0 Å². The van der Waals surface area contributed by atoms with Crippen LogP contribution in [0.2, 0.25) is 0 Å². The number of fused-ring (bicyclic) bond motifs is 1. The summed E-state index contributed by atoms with van der Waals surface area (Å²) in [7, 11) is 0. The molecule has 0 aromatic heterocycles. The molecular weight excluding hydrogens is 304 g/mol. The van der Waals surface area contributed by atoms with Crippen LogP contribution in [0.3, 0.4) is 0 Å². The highest BCUT2D eigenvalue weighted by Gasteiger charge is 2.70. The Morgan fingerprint density at radius 1 is 1.17 bits per heavy atom. The summed E-state index contributed by atoms with van der Waals surface area (Å²) < 4.78 is 12.1. The van der Waals surface area contributed by atoms with Gasteiger partial charge in [-0.25, -0.2) is 4.79 Å². The fraction of sp³-hybridized carbons (Fsp3) is 0.700. The molecule has 0 aromatic carbocycles. The average Bonchev–Trinajstić information content (AvgIpc) is 2.84. The molecule has 0 N–H and O–H groups in total. The maximum Gasteiger partial charge on any atom is 0.346 e. The number of allylic oxidation sites excluding steroid dienone is 1. The molecule has 3 heterocycles. The number of carbonyl (C=O) groups is 2. The molecule has 1 saturated carbocycles. The van der Waals surface area contributed by atoms with Crippen molar-refractivity contribution in [3.8, 4) is 0 Å². The van der Waals surface area contributed by atoms with Crippen molar-refractivity contribution in [3.05, 3.63) is 23.5 Å². The molecule has 130 valence electrons. The average molecular weight is 330 g/mol. The molecule has 3 aliphatic heterocycles. The summed E-state index contributed by atoms with van der Waals surface area (Å²) in [6.45, 7) is 4.32. The molecule has 4 rings (SSSR count). The van der Waals surface area contributed by atoms with Crippen LogP contribution in [0.25, 0.3) is 0 Å². The minimum atomic E-state index is -0.766. The van der Waals surface area contributed by atoms with Crippen LogP contribution in [-0.4, -0.2) is 23.5 Å². The number of ketones is 1. The van der Waals surface area contributed by atoms with E-state index >= 15 is 0 Å². The number of ether oxygens (including phenoxy) is 2. The molecule has 2 bridgehead atoms. The van der Waals surface area contributed by atoms with Crippen LogP contribution in [-0.2, 0) is 19.1 Å². The quantitative estimate of drug-likeness (QED) is 0.384. The summed E-state index contributed by atoms with van der Waals surface area (Å²) in [5.74, 6) is 0.354. The van der Waals surface area contributed by atoms with Gasteiger partial charge in [-0.1, -0.05) is 38.8 Å². The van der Waals surface area contributed by atoms with Gasteiger partial charge in [-0.2, -0.15) is 0 Å². The molecule has 4 heteroatoms. The molecule has 1 spiro atoms. The van der Waals surface area contributed by atoms with E-state index in [1.54, 1.807) is 0 Å². The van der Waals surface area contributed by atoms with Crippen LogP contribution in [0.15, 0.2) is 23.5 Å². The van der Waals surface area contributed by atoms with Gasteiger partial charge in [0.25, 0.3) is 0 Å². The third kappa shape index (κ3) is 2.04. The normalized spacial score (nSPS) is 43.4. The van der Waals surface area contributed by atoms with E-state index in [0.29, 0.717) is 18.1 Å². The largest absolute Gasteiger partial charge is 0.489 e. The lowest BCUT2D eigenvalue weighted by atomic mass is 9.50. The molecule has 4 atom stereocenters. The maximum absolute atomic E-state index is 12.6. The van der Waals surface area contributed by atoms with Gasteiger partial charge in [0.05, 0.1) is 0 Å². The van der Waals surface area contributed by atoms with Crippen LogP contribution < -0.4 is 0 Å². The predicted molar refractivity (Wildman–Crippen MR) is 89.1 cm³/mol. The van der Waals surface area contributed by atoms with Gasteiger partial charge in [-0.15, -0.1) is 0 Å². The van der Waals surface area contributed by atoms with E-state index in [4.69, 9.17) is 9.47 Å². The fourth-order valence-electron chi connectivity index (χ4n) is 4.86. The Balaban J connectivity index is 1.78. The van der Waals surface area contributed by atoms with Crippen molar-refractivity contribution >= 4 is 11.8 Å². The highest BCUT2D eigenvalue weighted by atomic mass is 16.6. The summed E-state index contributed by atoms with van der Waals surface area (Å²) in [6.07, 6.45) is 12.0. The number of rotatable bonds is 0. The number of hydrogen-bond acceptors (Lipinski definition) is 4. The minimum Gasteiger partial charge on any atom is -0.489 e. The van der Waals surface area contributed by atoms with Crippen LogP contribution in [0.4, 0.5) is 0 Å². The van der Waals surface area contributed by atoms with Gasteiger partial charge in [-0.3, -0.25) is 4.79 Å². The Hall–Kier alpha value is -1.58. The van der Waals surface area contributed by atoms with Crippen molar-refractivity contribution in [2.75, 3.05) is 0 Å². The van der Waals surface area contributed by atoms with E-state index in [0.717, 1.165) is 25.7 Å². The maximum atomic E-state index is 12.6. The van der Waals surface area contributed by atoms with Crippen molar-refractivity contribution in [3.63, 3.8) is 0 Å². The molecular formula is C20H26O4. The van der Waals surface area contributed by atoms with Crippen LogP contribution in [0.5, 0.6) is 0 Å². The van der Waals surface area contributed by atoms with Crippen molar-refractivity contribution in [2.45, 2.75) is 76.9 Å². The fourth-order valence-corrected chi connectivity index (χ4v) is 4.86. The highest BCUT2D eigenvalue weighted by molar-refractivity contribution is 6.20. The van der Waals surface area contributed by atoms with Crippen LogP contribution in [0, 0.1) is 11.3 Å². The molecule has 4 aliphatic rings. The topological polar surface area (TPSA) is 52.6 Å². The lowest BCUT2D eigenvalue weighted by molar-refractivity contribution is -0.198. The lowest BCUT2D eigenvalue weighted by Crippen LogP contribution is -2.62. The van der Waals surface area contributed by atoms with Gasteiger partial charge in [0.1, 0.15) is 11.7 Å². The van der Waals surface area contributed by atoms with Crippen LogP contribution in [0.1, 0.15) is 65.2 Å². The summed E-state index contributed by atoms with van der Waals surface area (Å²) in [6, 6.07) is 0. The van der Waals surface area contributed by atoms with Crippen molar-refractivity contribution in [2.24, 2.45) is 11.3 Å². The van der Waals surface area contributed by atoms with Gasteiger partial charge < -0.3 is 9.47 Å². The first-order valence-corrected chi connectivity index (χ1v) is 9.33. The molecule has 1 fully saturated rings. The second-order valence-electron chi connectivity index (χ2n) is 8.07. The van der Waals surface area contributed by atoms with Crippen molar-refractivity contribution < 1.29 is 19.1 Å². The Morgan fingerprint density at radius 2 is 1.96 bits per heavy atom. The second-order valence-corrected chi connectivity index (χ2v) is 8.07. The van der Waals surface area contributed by atoms with Gasteiger partial charge >= 0.3 is 5.97 Å². The smallest absolute Gasteiger partial charge is 0.346 e. The molecule has 0 aromatic rings. The molecule has 0 amide bonds. The van der Waals surface area contributed by atoms with Crippen molar-refractivity contribution in [1.82, 2.24) is 0 Å². The van der Waals surface area contributed by atoms with E-state index in [1.807, 2.05) is 0 Å². The number of Topliss-reactive ketones (excluding diaryl/α,β-unsaturated/α-hetero) is 1. The van der Waals surface area contributed by atoms with Crippen molar-refractivity contribution in [1.29, 1.82) is 0 Å². The predicted octanol–water partition coefficient (Wildman–Crippen LogP) is 3.85. The standard InChI is InChI=1S/C20H26O4/c1-13-12-20-17-16(18(22)24-20)15(21)11-14(23-17)9-7-5-3-4-6-8-10-19(13,20)2/h8,10,13-14H,3-7,9,11-12H2,1-2H3/b10-8-/t13-,14-,19+,20-/m1/s1. The zero-order valence-corrected chi connectivity index (χ0v) is 14.6. The third-order valence-electron chi connectivity index (χ3n) is 6.64. The van der Waals surface area contributed by atoms with E-state index in [-0.39, 0.29) is 22.9 Å². The number of esters is 1. The first-order chi connectivity index (χ1) is 11.5. The molecule has 1 aliphatic carbocycles. The van der Waals surface area contributed by atoms with Gasteiger partial charge in [0.15, 0.2) is 17.1 Å². The van der Waals surface area contributed by atoms with E-state index in [2.05, 4.69) is 26.0 Å². The molecule has 24 heavy (non-hydrogen) atoms. The monoisotopic (exact) mass is 330 g/mol. The van der Waals surface area contributed by atoms with Gasteiger partial charge in [-0.05, 0) is 38.0 Å². The zero-order valence-electron chi connectivity index (χ0n) is 14.6. The minimum absolute atomic E-state index is 0.0936. The first-order valence-electron chi connectivity index (χ1n) is 9.33. The summed E-state index contributed by atoms with van der Waals surface area (Å²) >= 11 is 0. The lowest BCUT2D eigenvalue weighted by Gasteiger charge is -2.58. The number of carbonyl (C=O) groups excluding carboxylic acids is 2. The van der Waals surface area contributed by atoms with Crippen LogP contribution >= 0.6 is 0 Å². The molecule has 4 nitrogen and oxygen atoms in total. The van der Waals surface area contributed by atoms with E-state index in [9.17, 15) is 9.59 Å². The highest BCUT2D eigenvalue weighted by Crippen LogP contribution is 2.64. The third-order valence-corrected chi connectivity index (χ3v) is 6.64. The Labute approximate surface area is 143 Å². The Morgan fingerprint density at radius 3 is 2.75 bits per heavy atom. The summed E-state index contributed by atoms with van der Waals surface area (Å²) in [5, 5.41) is 0. The first kappa shape index (κ1) is 15.9.